The SMILES string of the molecule is Cl.NC1C(=O)N2C(C(=O)Cl)=C(C[n+]3ccccc3)CSC12. The molecule has 8 heteroatoms. The van der Waals surface area contributed by atoms with E-state index in [1.807, 2.05) is 35.2 Å². The van der Waals surface area contributed by atoms with Gasteiger partial charge in [-0.3, -0.25) is 14.5 Å². The summed E-state index contributed by atoms with van der Waals surface area (Å²) in [4.78, 5) is 25.0. The highest BCUT2D eigenvalue weighted by Crippen LogP contribution is 2.40. The molecule has 112 valence electrons. The molecule has 1 amide bonds. The van der Waals surface area contributed by atoms with E-state index in [2.05, 4.69) is 0 Å². The van der Waals surface area contributed by atoms with Crippen molar-refractivity contribution in [2.75, 3.05) is 5.75 Å². The van der Waals surface area contributed by atoms with Crippen LogP contribution in [-0.2, 0) is 16.1 Å². The molecule has 21 heavy (non-hydrogen) atoms. The van der Waals surface area contributed by atoms with E-state index in [4.69, 9.17) is 17.3 Å². The first-order chi connectivity index (χ1) is 9.59. The molecule has 1 aromatic heterocycles. The highest BCUT2D eigenvalue weighted by Gasteiger charge is 2.51. The molecule has 0 bridgehead atoms. The maximum absolute atomic E-state index is 11.8. The minimum absolute atomic E-state index is 0. The van der Waals surface area contributed by atoms with Crippen LogP contribution in [0, 0.1) is 0 Å². The van der Waals surface area contributed by atoms with Crippen LogP contribution in [0.1, 0.15) is 0 Å². The average Bonchev–Trinajstić information content (AvgIpc) is 2.46. The second-order valence-corrected chi connectivity index (χ2v) is 6.16. The van der Waals surface area contributed by atoms with Gasteiger partial charge in [0.05, 0.1) is 0 Å². The van der Waals surface area contributed by atoms with Gasteiger partial charge in [-0.05, 0) is 11.6 Å². The highest BCUT2D eigenvalue weighted by molar-refractivity contribution is 8.00. The van der Waals surface area contributed by atoms with E-state index in [-0.39, 0.29) is 23.7 Å². The standard InChI is InChI=1S/C13H13ClN3O2S.ClH/c14-11(18)10-8(6-16-4-2-1-3-5-16)7-20-13-9(15)12(19)17(10)13;/h1-5,9,13H,6-7,15H2;1H/q+1;. The van der Waals surface area contributed by atoms with Crippen LogP contribution in [0.5, 0.6) is 0 Å². The number of nitrogens with zero attached hydrogens (tertiary/aromatic N) is 2. The van der Waals surface area contributed by atoms with Crippen molar-refractivity contribution in [3.05, 3.63) is 41.9 Å². The zero-order valence-corrected chi connectivity index (χ0v) is 13.3. The molecule has 3 heterocycles. The summed E-state index contributed by atoms with van der Waals surface area (Å²) in [7, 11) is 0. The second-order valence-electron chi connectivity index (χ2n) is 4.71. The molecule has 2 aliphatic rings. The summed E-state index contributed by atoms with van der Waals surface area (Å²) < 4.78 is 1.94. The number of hydrogen-bond acceptors (Lipinski definition) is 4. The van der Waals surface area contributed by atoms with Crippen LogP contribution in [0.2, 0.25) is 0 Å². The van der Waals surface area contributed by atoms with E-state index < -0.39 is 11.3 Å². The molecule has 2 aliphatic heterocycles. The number of carbonyl (C=O) groups excluding carboxylic acids is 2. The first kappa shape index (κ1) is 16.3. The molecule has 0 spiro atoms. The molecule has 0 radical (unpaired) electrons. The van der Waals surface area contributed by atoms with E-state index in [9.17, 15) is 9.59 Å². The summed E-state index contributed by atoms with van der Waals surface area (Å²) in [5.41, 5.74) is 6.90. The summed E-state index contributed by atoms with van der Waals surface area (Å²) in [6, 6.07) is 5.21. The third-order valence-corrected chi connectivity index (χ3v) is 4.97. The fraction of sp³-hybridized carbons (Fsp3) is 0.308. The fourth-order valence-corrected chi connectivity index (χ4v) is 3.95. The summed E-state index contributed by atoms with van der Waals surface area (Å²) in [5, 5.41) is -0.758. The third-order valence-electron chi connectivity index (χ3n) is 3.43. The van der Waals surface area contributed by atoms with Gasteiger partial charge in [0.1, 0.15) is 17.1 Å². The minimum atomic E-state index is -0.595. The summed E-state index contributed by atoms with van der Waals surface area (Å²) in [5.74, 6) is 0.416. The number of halogens is 2. The molecular formula is C13H14Cl2N3O2S+. The number of thioether (sulfide) groups is 1. The molecular weight excluding hydrogens is 333 g/mol. The number of fused-ring (bicyclic) bond motifs is 1. The number of amides is 1. The largest absolute Gasteiger partial charge is 0.317 e. The summed E-state index contributed by atoms with van der Waals surface area (Å²) >= 11 is 7.25. The monoisotopic (exact) mass is 346 g/mol. The van der Waals surface area contributed by atoms with Gasteiger partial charge in [0, 0.05) is 23.5 Å². The zero-order valence-electron chi connectivity index (χ0n) is 10.9. The van der Waals surface area contributed by atoms with Crippen molar-refractivity contribution in [1.29, 1.82) is 0 Å². The lowest BCUT2D eigenvalue weighted by Crippen LogP contribution is -2.68. The van der Waals surface area contributed by atoms with Crippen molar-refractivity contribution in [2.45, 2.75) is 18.0 Å². The number of hydrogen-bond donors (Lipinski definition) is 1. The lowest BCUT2D eigenvalue weighted by Gasteiger charge is -2.47. The van der Waals surface area contributed by atoms with Gasteiger partial charge in [-0.15, -0.1) is 24.2 Å². The molecule has 3 rings (SSSR count). The molecule has 1 aromatic rings. The number of β-lactam (4-membered cyclic amide) rings is 1. The van der Waals surface area contributed by atoms with Crippen LogP contribution in [0.4, 0.5) is 0 Å². The highest BCUT2D eigenvalue weighted by atomic mass is 35.5. The average molecular weight is 347 g/mol. The number of pyridine rings is 1. The van der Waals surface area contributed by atoms with Crippen LogP contribution in [0.3, 0.4) is 0 Å². The second kappa shape index (κ2) is 6.36. The molecule has 1 saturated heterocycles. The molecule has 5 nitrogen and oxygen atoms in total. The van der Waals surface area contributed by atoms with Crippen LogP contribution in [-0.4, -0.2) is 33.2 Å². The number of carbonyl (C=O) groups is 2. The summed E-state index contributed by atoms with van der Waals surface area (Å²) in [6.45, 7) is 0.535. The van der Waals surface area contributed by atoms with Crippen LogP contribution >= 0.6 is 35.8 Å². The first-order valence-corrected chi connectivity index (χ1v) is 7.58. The molecule has 0 aliphatic carbocycles. The quantitative estimate of drug-likeness (QED) is 0.496. The number of allylic oxidation sites excluding steroid dienone is 1. The normalized spacial score (nSPS) is 24.1. The van der Waals surface area contributed by atoms with Crippen LogP contribution in [0.25, 0.3) is 0 Å². The Morgan fingerprint density at radius 1 is 1.43 bits per heavy atom. The Kier molecular flexibility index (Phi) is 4.93. The Hall–Kier alpha value is -1.08. The van der Waals surface area contributed by atoms with E-state index in [1.165, 1.54) is 4.90 Å². The number of aromatic nitrogens is 1. The summed E-state index contributed by atoms with van der Waals surface area (Å²) in [6.07, 6.45) is 3.81. The van der Waals surface area contributed by atoms with Crippen molar-refractivity contribution < 1.29 is 14.2 Å². The molecule has 1 fully saturated rings. The minimum Gasteiger partial charge on any atom is -0.317 e. The third kappa shape index (κ3) is 2.81. The van der Waals surface area contributed by atoms with Gasteiger partial charge < -0.3 is 5.73 Å². The lowest BCUT2D eigenvalue weighted by molar-refractivity contribution is -0.689. The molecule has 2 N–H and O–H groups in total. The van der Waals surface area contributed by atoms with Gasteiger partial charge in [0.2, 0.25) is 5.91 Å². The van der Waals surface area contributed by atoms with Crippen molar-refractivity contribution in [1.82, 2.24) is 4.90 Å². The van der Waals surface area contributed by atoms with Crippen molar-refractivity contribution in [2.24, 2.45) is 5.73 Å². The van der Waals surface area contributed by atoms with Gasteiger partial charge in [-0.2, -0.15) is 0 Å². The molecule has 0 saturated carbocycles. The van der Waals surface area contributed by atoms with Gasteiger partial charge >= 0.3 is 0 Å². The van der Waals surface area contributed by atoms with E-state index in [0.29, 0.717) is 18.0 Å². The predicted octanol–water partition coefficient (Wildman–Crippen LogP) is 0.658. The predicted molar refractivity (Wildman–Crippen MR) is 82.8 cm³/mol. The van der Waals surface area contributed by atoms with Gasteiger partial charge in [0.25, 0.3) is 5.24 Å². The maximum Gasteiger partial charge on any atom is 0.269 e. The van der Waals surface area contributed by atoms with Crippen molar-refractivity contribution >= 4 is 46.9 Å². The zero-order chi connectivity index (χ0) is 14.3. The fourth-order valence-electron chi connectivity index (χ4n) is 2.44. The van der Waals surface area contributed by atoms with E-state index >= 15 is 0 Å². The first-order valence-electron chi connectivity index (χ1n) is 6.16. The maximum atomic E-state index is 11.8. The number of rotatable bonds is 3. The van der Waals surface area contributed by atoms with E-state index in [1.54, 1.807) is 11.8 Å². The molecule has 2 atom stereocenters. The van der Waals surface area contributed by atoms with Gasteiger partial charge in [-0.1, -0.05) is 6.07 Å². The smallest absolute Gasteiger partial charge is 0.269 e. The van der Waals surface area contributed by atoms with Crippen LogP contribution in [0.15, 0.2) is 41.9 Å². The van der Waals surface area contributed by atoms with Crippen LogP contribution < -0.4 is 10.3 Å². The Balaban J connectivity index is 0.00000161. The van der Waals surface area contributed by atoms with E-state index in [0.717, 1.165) is 5.57 Å². The van der Waals surface area contributed by atoms with Gasteiger partial charge in [0.15, 0.2) is 18.9 Å². The van der Waals surface area contributed by atoms with Gasteiger partial charge in [-0.25, -0.2) is 4.57 Å². The number of nitrogens with two attached hydrogens (primary N) is 1. The molecule has 0 aromatic carbocycles. The van der Waals surface area contributed by atoms with Crippen molar-refractivity contribution in [3.63, 3.8) is 0 Å². The Morgan fingerprint density at radius 2 is 2.10 bits per heavy atom. The Labute approximate surface area is 137 Å². The molecule has 2 unspecified atom stereocenters. The Bertz CT molecular complexity index is 609. The Morgan fingerprint density at radius 3 is 2.71 bits per heavy atom. The lowest BCUT2D eigenvalue weighted by atomic mass is 10.0. The topological polar surface area (TPSA) is 67.3 Å². The van der Waals surface area contributed by atoms with Crippen molar-refractivity contribution in [3.8, 4) is 0 Å².